The minimum atomic E-state index is 0.125. The van der Waals surface area contributed by atoms with Crippen LogP contribution in [0.3, 0.4) is 0 Å². The topological polar surface area (TPSA) is 32.9 Å². The minimum absolute atomic E-state index is 0.125. The third-order valence-electron chi connectivity index (χ3n) is 3.61. The number of nitrogens with one attached hydrogen (secondary N) is 1. The Labute approximate surface area is 108 Å². The summed E-state index contributed by atoms with van der Waals surface area (Å²) in [6.45, 7) is 6.07. The van der Waals surface area contributed by atoms with Crippen LogP contribution in [0.1, 0.15) is 32.8 Å². The van der Waals surface area contributed by atoms with Crippen LogP contribution < -0.4 is 0 Å². The highest BCUT2D eigenvalue weighted by Crippen LogP contribution is 2.23. The summed E-state index contributed by atoms with van der Waals surface area (Å²) in [5.41, 5.74) is 2.41. The van der Waals surface area contributed by atoms with Crippen molar-refractivity contribution in [3.8, 4) is 0 Å². The van der Waals surface area contributed by atoms with E-state index in [1.807, 2.05) is 32.2 Å². The smallest absolute Gasteiger partial charge is 0.138 e. The summed E-state index contributed by atoms with van der Waals surface area (Å²) in [5.74, 6) is 0.646. The molecule has 0 saturated carbocycles. The van der Waals surface area contributed by atoms with Crippen LogP contribution in [0.2, 0.25) is 0 Å². The molecule has 1 aromatic heterocycles. The van der Waals surface area contributed by atoms with Gasteiger partial charge in [0.2, 0.25) is 0 Å². The molecule has 2 rings (SSSR count). The van der Waals surface area contributed by atoms with Crippen LogP contribution in [-0.2, 0) is 11.2 Å². The number of benzene rings is 1. The molecule has 2 heteroatoms. The summed E-state index contributed by atoms with van der Waals surface area (Å²) >= 11 is 0. The highest BCUT2D eigenvalue weighted by molar-refractivity contribution is 5.86. The Bertz CT molecular complexity index is 539. The van der Waals surface area contributed by atoms with Gasteiger partial charge in [0.1, 0.15) is 5.78 Å². The third kappa shape index (κ3) is 2.47. The van der Waals surface area contributed by atoms with Crippen molar-refractivity contribution >= 4 is 16.7 Å². The Morgan fingerprint density at radius 3 is 2.67 bits per heavy atom. The summed E-state index contributed by atoms with van der Waals surface area (Å²) in [6, 6.07) is 8.27. The maximum Gasteiger partial charge on any atom is 0.138 e. The molecular weight excluding hydrogens is 222 g/mol. The number of Topliss-reactive ketones (excluding diaryl/α,β-unsaturated/α-hetero) is 1. The maximum atomic E-state index is 12.1. The van der Waals surface area contributed by atoms with E-state index in [1.54, 1.807) is 0 Å². The van der Waals surface area contributed by atoms with E-state index < -0.39 is 0 Å². The van der Waals surface area contributed by atoms with Gasteiger partial charge in [-0.1, -0.05) is 39.0 Å². The van der Waals surface area contributed by atoms with E-state index in [0.717, 1.165) is 18.4 Å². The molecule has 1 N–H and O–H groups in total. The second kappa shape index (κ2) is 5.38. The number of aromatic nitrogens is 1. The van der Waals surface area contributed by atoms with Gasteiger partial charge >= 0.3 is 0 Å². The van der Waals surface area contributed by atoms with Gasteiger partial charge in [-0.3, -0.25) is 4.79 Å². The van der Waals surface area contributed by atoms with E-state index in [9.17, 15) is 4.79 Å². The van der Waals surface area contributed by atoms with Gasteiger partial charge < -0.3 is 4.98 Å². The van der Waals surface area contributed by atoms with E-state index in [-0.39, 0.29) is 11.8 Å². The average molecular weight is 243 g/mol. The third-order valence-corrected chi connectivity index (χ3v) is 3.61. The lowest BCUT2D eigenvalue weighted by Crippen LogP contribution is -2.21. The molecule has 0 aliphatic carbocycles. The van der Waals surface area contributed by atoms with Crippen LogP contribution in [0, 0.1) is 11.8 Å². The monoisotopic (exact) mass is 243 g/mol. The van der Waals surface area contributed by atoms with E-state index in [0.29, 0.717) is 5.78 Å². The Morgan fingerprint density at radius 1 is 1.28 bits per heavy atom. The first-order valence-electron chi connectivity index (χ1n) is 6.72. The molecule has 1 atom stereocenters. The van der Waals surface area contributed by atoms with Crippen LogP contribution in [0.15, 0.2) is 30.5 Å². The molecule has 1 aromatic carbocycles. The molecule has 2 aromatic rings. The van der Waals surface area contributed by atoms with Crippen LogP contribution in [-0.4, -0.2) is 10.8 Å². The Kier molecular flexibility index (Phi) is 3.85. The average Bonchev–Trinajstić information content (AvgIpc) is 2.78. The van der Waals surface area contributed by atoms with Gasteiger partial charge in [-0.25, -0.2) is 0 Å². The molecule has 0 radical (unpaired) electrons. The van der Waals surface area contributed by atoms with Crippen molar-refractivity contribution in [1.82, 2.24) is 4.98 Å². The molecular formula is C16H21NO. The number of hydrogen-bond donors (Lipinski definition) is 1. The van der Waals surface area contributed by atoms with Crippen LogP contribution in [0.25, 0.3) is 10.9 Å². The van der Waals surface area contributed by atoms with Crippen LogP contribution in [0.5, 0.6) is 0 Å². The summed E-state index contributed by atoms with van der Waals surface area (Å²) in [6.07, 6.45) is 3.80. The van der Waals surface area contributed by atoms with Crippen molar-refractivity contribution in [3.63, 3.8) is 0 Å². The van der Waals surface area contributed by atoms with Crippen molar-refractivity contribution in [2.75, 3.05) is 0 Å². The lowest BCUT2D eigenvalue weighted by Gasteiger charge is -2.15. The highest BCUT2D eigenvalue weighted by atomic mass is 16.1. The first-order valence-corrected chi connectivity index (χ1v) is 6.72. The van der Waals surface area contributed by atoms with Crippen LogP contribution in [0.4, 0.5) is 0 Å². The zero-order valence-electron chi connectivity index (χ0n) is 11.4. The van der Waals surface area contributed by atoms with Gasteiger partial charge in [0.15, 0.2) is 0 Å². The molecule has 2 nitrogen and oxygen atoms in total. The zero-order chi connectivity index (χ0) is 13.1. The second-order valence-corrected chi connectivity index (χ2v) is 5.23. The quantitative estimate of drug-likeness (QED) is 0.847. The summed E-state index contributed by atoms with van der Waals surface area (Å²) in [7, 11) is 0. The molecule has 0 aliphatic heterocycles. The lowest BCUT2D eigenvalue weighted by molar-refractivity contribution is -0.125. The number of para-hydroxylation sites is 1. The first kappa shape index (κ1) is 12.9. The fourth-order valence-corrected chi connectivity index (χ4v) is 2.48. The van der Waals surface area contributed by atoms with Gasteiger partial charge in [0.25, 0.3) is 0 Å². The number of aromatic amines is 1. The second-order valence-electron chi connectivity index (χ2n) is 5.23. The number of carbonyl (C=O) groups is 1. The molecule has 0 bridgehead atoms. The zero-order valence-corrected chi connectivity index (χ0v) is 11.4. The van der Waals surface area contributed by atoms with Gasteiger partial charge in [-0.15, -0.1) is 0 Å². The molecule has 96 valence electrons. The Hall–Kier alpha value is -1.57. The molecule has 1 heterocycles. The normalized spacial score (nSPS) is 13.1. The van der Waals surface area contributed by atoms with E-state index in [2.05, 4.69) is 24.0 Å². The molecule has 18 heavy (non-hydrogen) atoms. The number of ketones is 1. The molecule has 0 amide bonds. The standard InChI is InChI=1S/C16H21NO/c1-4-12(16(18)11(2)3)9-13-10-17-15-8-6-5-7-14(13)15/h5-8,10-12,17H,4,9H2,1-3H3. The predicted molar refractivity (Wildman–Crippen MR) is 75.6 cm³/mol. The summed E-state index contributed by atoms with van der Waals surface area (Å²) in [5, 5.41) is 1.24. The number of H-pyrrole nitrogens is 1. The molecule has 0 fully saturated rings. The Morgan fingerprint density at radius 2 is 2.00 bits per heavy atom. The predicted octanol–water partition coefficient (Wildman–Crippen LogP) is 3.96. The van der Waals surface area contributed by atoms with Crippen molar-refractivity contribution in [2.45, 2.75) is 33.6 Å². The fraction of sp³-hybridized carbons (Fsp3) is 0.438. The number of fused-ring (bicyclic) bond motifs is 1. The van der Waals surface area contributed by atoms with Crippen molar-refractivity contribution < 1.29 is 4.79 Å². The van der Waals surface area contributed by atoms with Crippen molar-refractivity contribution in [2.24, 2.45) is 11.8 Å². The van der Waals surface area contributed by atoms with Gasteiger partial charge in [0, 0.05) is 28.9 Å². The molecule has 0 spiro atoms. The molecule has 0 saturated heterocycles. The maximum absolute atomic E-state index is 12.1. The largest absolute Gasteiger partial charge is 0.361 e. The van der Waals surface area contributed by atoms with E-state index >= 15 is 0 Å². The molecule has 1 unspecified atom stereocenters. The van der Waals surface area contributed by atoms with Gasteiger partial charge in [0.05, 0.1) is 0 Å². The van der Waals surface area contributed by atoms with Crippen molar-refractivity contribution in [3.05, 3.63) is 36.0 Å². The molecule has 0 aliphatic rings. The lowest BCUT2D eigenvalue weighted by atomic mass is 9.87. The van der Waals surface area contributed by atoms with Crippen LogP contribution >= 0.6 is 0 Å². The number of hydrogen-bond acceptors (Lipinski definition) is 1. The highest BCUT2D eigenvalue weighted by Gasteiger charge is 2.20. The SMILES string of the molecule is CCC(Cc1c[nH]c2ccccc12)C(=O)C(C)C. The summed E-state index contributed by atoms with van der Waals surface area (Å²) in [4.78, 5) is 15.4. The number of rotatable bonds is 5. The Balaban J connectivity index is 2.24. The van der Waals surface area contributed by atoms with Gasteiger partial charge in [-0.2, -0.15) is 0 Å². The van der Waals surface area contributed by atoms with Crippen molar-refractivity contribution in [1.29, 1.82) is 0 Å². The van der Waals surface area contributed by atoms with E-state index in [4.69, 9.17) is 0 Å². The number of carbonyl (C=O) groups excluding carboxylic acids is 1. The minimum Gasteiger partial charge on any atom is -0.361 e. The van der Waals surface area contributed by atoms with E-state index in [1.165, 1.54) is 10.9 Å². The first-order chi connectivity index (χ1) is 8.63. The van der Waals surface area contributed by atoms with Gasteiger partial charge in [-0.05, 0) is 24.5 Å². The fourth-order valence-electron chi connectivity index (χ4n) is 2.48. The summed E-state index contributed by atoms with van der Waals surface area (Å²) < 4.78 is 0.